The van der Waals surface area contributed by atoms with Gasteiger partial charge in [-0.2, -0.15) is 0 Å². The van der Waals surface area contributed by atoms with Crippen molar-refractivity contribution < 1.29 is 23.8 Å². The maximum atomic E-state index is 14.1. The molecule has 5 rings (SSSR count). The predicted molar refractivity (Wildman–Crippen MR) is 161 cm³/mol. The number of carbonyl (C=O) groups is 2. The summed E-state index contributed by atoms with van der Waals surface area (Å²) in [5.74, 6) is -0.635. The van der Waals surface area contributed by atoms with Crippen LogP contribution in [-0.4, -0.2) is 36.3 Å². The van der Waals surface area contributed by atoms with Crippen molar-refractivity contribution in [3.05, 3.63) is 126 Å². The van der Waals surface area contributed by atoms with Crippen LogP contribution in [0, 0.1) is 0 Å². The molecule has 1 aromatic heterocycles. The maximum Gasteiger partial charge on any atom is 0.344 e. The fourth-order valence-electron chi connectivity index (χ4n) is 4.61. The standard InChI is InChI=1S/C32H27ClN2O6S/c1-3-39-26(36)19-41-24-13-9-8-12-22(24)18-25-30(37)35-29(21-14-16-23(33)17-15-21)27(31(38)40-4-2)28(34-32(35)42-25)20-10-6-5-7-11-20/h5-18,29H,3-4,19H2,1-2H3/b25-18-/t29-/m0/s1. The molecule has 214 valence electrons. The first-order valence-electron chi connectivity index (χ1n) is 13.3. The molecule has 0 fully saturated rings. The molecule has 0 aliphatic carbocycles. The number of carbonyl (C=O) groups excluding carboxylic acids is 2. The van der Waals surface area contributed by atoms with Crippen molar-refractivity contribution >= 4 is 46.6 Å². The summed E-state index contributed by atoms with van der Waals surface area (Å²) in [6.45, 7) is 3.59. The summed E-state index contributed by atoms with van der Waals surface area (Å²) < 4.78 is 18.0. The summed E-state index contributed by atoms with van der Waals surface area (Å²) in [5, 5.41) is 0.524. The van der Waals surface area contributed by atoms with Gasteiger partial charge in [-0.15, -0.1) is 0 Å². The van der Waals surface area contributed by atoms with Crippen LogP contribution in [0.3, 0.4) is 0 Å². The number of esters is 2. The molecule has 0 saturated carbocycles. The van der Waals surface area contributed by atoms with E-state index in [0.29, 0.717) is 36.9 Å². The van der Waals surface area contributed by atoms with Crippen LogP contribution < -0.4 is 19.6 Å². The highest BCUT2D eigenvalue weighted by Crippen LogP contribution is 2.35. The second-order valence-corrected chi connectivity index (χ2v) is 10.6. The van der Waals surface area contributed by atoms with E-state index < -0.39 is 18.0 Å². The highest BCUT2D eigenvalue weighted by Gasteiger charge is 2.35. The molecule has 0 amide bonds. The van der Waals surface area contributed by atoms with Crippen LogP contribution in [0.1, 0.15) is 36.6 Å². The fourth-order valence-corrected chi connectivity index (χ4v) is 5.73. The fraction of sp³-hybridized carbons (Fsp3) is 0.188. The number of aromatic nitrogens is 1. The van der Waals surface area contributed by atoms with Gasteiger partial charge in [-0.05, 0) is 43.7 Å². The second kappa shape index (κ2) is 13.0. The summed E-state index contributed by atoms with van der Waals surface area (Å²) in [4.78, 5) is 44.7. The lowest BCUT2D eigenvalue weighted by Crippen LogP contribution is -2.40. The van der Waals surface area contributed by atoms with Gasteiger partial charge >= 0.3 is 11.9 Å². The van der Waals surface area contributed by atoms with Crippen molar-refractivity contribution in [2.75, 3.05) is 19.8 Å². The Morgan fingerprint density at radius 1 is 0.952 bits per heavy atom. The molecular weight excluding hydrogens is 576 g/mol. The normalized spacial score (nSPS) is 14.6. The number of thiazole rings is 1. The summed E-state index contributed by atoms with van der Waals surface area (Å²) in [6, 6.07) is 22.6. The number of hydrogen-bond acceptors (Lipinski definition) is 8. The largest absolute Gasteiger partial charge is 0.481 e. The van der Waals surface area contributed by atoms with Gasteiger partial charge in [0.2, 0.25) is 0 Å². The van der Waals surface area contributed by atoms with Gasteiger partial charge in [-0.3, -0.25) is 9.36 Å². The molecule has 0 unspecified atom stereocenters. The third-order valence-corrected chi connectivity index (χ3v) is 7.65. The van der Waals surface area contributed by atoms with E-state index in [1.165, 1.54) is 15.9 Å². The molecule has 42 heavy (non-hydrogen) atoms. The van der Waals surface area contributed by atoms with E-state index in [4.69, 9.17) is 30.8 Å². The number of rotatable bonds is 9. The topological polar surface area (TPSA) is 96.2 Å². The highest BCUT2D eigenvalue weighted by atomic mass is 35.5. The molecule has 1 atom stereocenters. The molecule has 0 N–H and O–H groups in total. The zero-order valence-electron chi connectivity index (χ0n) is 22.9. The Kier molecular flexibility index (Phi) is 9.00. The van der Waals surface area contributed by atoms with Gasteiger partial charge in [-0.25, -0.2) is 14.6 Å². The molecule has 0 spiro atoms. The van der Waals surface area contributed by atoms with E-state index >= 15 is 0 Å². The second-order valence-electron chi connectivity index (χ2n) is 9.11. The number of nitrogens with zero attached hydrogens (tertiary/aromatic N) is 2. The van der Waals surface area contributed by atoms with E-state index in [9.17, 15) is 14.4 Å². The lowest BCUT2D eigenvalue weighted by molar-refractivity contribution is -0.145. The minimum Gasteiger partial charge on any atom is -0.481 e. The summed E-state index contributed by atoms with van der Waals surface area (Å²) >= 11 is 7.39. The van der Waals surface area contributed by atoms with Gasteiger partial charge in [0.05, 0.1) is 35.1 Å². The summed E-state index contributed by atoms with van der Waals surface area (Å²) in [5.41, 5.74) is 2.34. The van der Waals surface area contributed by atoms with Gasteiger partial charge in [0.15, 0.2) is 11.4 Å². The Morgan fingerprint density at radius 2 is 1.64 bits per heavy atom. The van der Waals surface area contributed by atoms with Gasteiger partial charge in [0.25, 0.3) is 5.56 Å². The van der Waals surface area contributed by atoms with Gasteiger partial charge in [0, 0.05) is 16.1 Å². The average Bonchev–Trinajstić information content (AvgIpc) is 3.31. The van der Waals surface area contributed by atoms with Crippen LogP contribution >= 0.6 is 22.9 Å². The van der Waals surface area contributed by atoms with Gasteiger partial charge in [-0.1, -0.05) is 83.6 Å². The van der Waals surface area contributed by atoms with E-state index in [1.54, 1.807) is 62.4 Å². The summed E-state index contributed by atoms with van der Waals surface area (Å²) in [6.07, 6.45) is 1.69. The smallest absolute Gasteiger partial charge is 0.344 e. The first kappa shape index (κ1) is 29.0. The van der Waals surface area contributed by atoms with E-state index in [-0.39, 0.29) is 31.0 Å². The van der Waals surface area contributed by atoms with Crippen LogP contribution in [0.2, 0.25) is 5.02 Å². The van der Waals surface area contributed by atoms with Crippen molar-refractivity contribution in [3.8, 4) is 5.75 Å². The van der Waals surface area contributed by atoms with Crippen LogP contribution in [0.15, 0.2) is 94.2 Å². The highest BCUT2D eigenvalue weighted by molar-refractivity contribution is 7.07. The Labute approximate surface area is 250 Å². The van der Waals surface area contributed by atoms with Gasteiger partial charge in [0.1, 0.15) is 5.75 Å². The number of fused-ring (bicyclic) bond motifs is 1. The Bertz CT molecular complexity index is 1830. The summed E-state index contributed by atoms with van der Waals surface area (Å²) in [7, 11) is 0. The molecule has 0 saturated heterocycles. The van der Waals surface area contributed by atoms with E-state index in [0.717, 1.165) is 5.56 Å². The predicted octanol–water partition coefficient (Wildman–Crippen LogP) is 4.53. The number of halogens is 1. The molecular formula is C32H27ClN2O6S. The monoisotopic (exact) mass is 602 g/mol. The molecule has 3 aromatic carbocycles. The van der Waals surface area contributed by atoms with Gasteiger partial charge < -0.3 is 14.2 Å². The minimum absolute atomic E-state index is 0.157. The molecule has 0 radical (unpaired) electrons. The molecule has 0 bridgehead atoms. The Hall–Kier alpha value is -4.47. The maximum absolute atomic E-state index is 14.1. The van der Waals surface area contributed by atoms with Crippen LogP contribution in [0.5, 0.6) is 5.75 Å². The lowest BCUT2D eigenvalue weighted by atomic mass is 9.93. The molecule has 1 aliphatic heterocycles. The lowest BCUT2D eigenvalue weighted by Gasteiger charge is -2.25. The third kappa shape index (κ3) is 6.07. The zero-order valence-corrected chi connectivity index (χ0v) is 24.5. The van der Waals surface area contributed by atoms with Crippen molar-refractivity contribution in [3.63, 3.8) is 0 Å². The number of para-hydroxylation sites is 1. The molecule has 2 heterocycles. The first-order chi connectivity index (χ1) is 20.4. The van der Waals surface area contributed by atoms with E-state index in [2.05, 4.69) is 0 Å². The quantitative estimate of drug-likeness (QED) is 0.261. The van der Waals surface area contributed by atoms with Crippen molar-refractivity contribution in [1.29, 1.82) is 0 Å². The van der Waals surface area contributed by atoms with Crippen molar-refractivity contribution in [2.24, 2.45) is 4.99 Å². The van der Waals surface area contributed by atoms with Crippen LogP contribution in [-0.2, 0) is 19.1 Å². The van der Waals surface area contributed by atoms with Crippen LogP contribution in [0.25, 0.3) is 11.8 Å². The van der Waals surface area contributed by atoms with Crippen molar-refractivity contribution in [1.82, 2.24) is 4.57 Å². The number of ether oxygens (including phenoxy) is 3. The van der Waals surface area contributed by atoms with E-state index in [1.807, 2.05) is 36.4 Å². The SMILES string of the molecule is CCOC(=O)COc1ccccc1/C=c1\sc2n(c1=O)[C@@H](c1ccc(Cl)cc1)C(C(=O)OCC)=C(c1ccccc1)N=2. The average molecular weight is 603 g/mol. The molecule has 8 nitrogen and oxygen atoms in total. The number of benzene rings is 3. The Balaban J connectivity index is 1.72. The minimum atomic E-state index is -0.815. The zero-order chi connectivity index (χ0) is 29.6. The number of hydrogen-bond donors (Lipinski definition) is 0. The third-order valence-electron chi connectivity index (χ3n) is 6.42. The molecule has 10 heteroatoms. The van der Waals surface area contributed by atoms with Crippen molar-refractivity contribution in [2.45, 2.75) is 19.9 Å². The first-order valence-corrected chi connectivity index (χ1v) is 14.5. The van der Waals surface area contributed by atoms with Crippen LogP contribution in [0.4, 0.5) is 0 Å². The molecule has 4 aromatic rings. The molecule has 1 aliphatic rings. The Morgan fingerprint density at radius 3 is 2.36 bits per heavy atom.